The van der Waals surface area contributed by atoms with Crippen LogP contribution in [0.1, 0.15) is 30.0 Å². The third-order valence-electron chi connectivity index (χ3n) is 4.59. The molecule has 0 aliphatic heterocycles. The van der Waals surface area contributed by atoms with Gasteiger partial charge in [0.1, 0.15) is 6.17 Å². The van der Waals surface area contributed by atoms with Gasteiger partial charge in [-0.1, -0.05) is 24.3 Å². The standard InChI is InChI=1S/C21H27F3N4/c1-13-8-9-14(2)16(10-13)15(3)26-28(27(6)7)20-12-18(22)17(21(4,23)24)11-19(20)25-5/h8-11,18,26H,3,5,12H2,1-2,4,6-7H3. The van der Waals surface area contributed by atoms with E-state index in [2.05, 4.69) is 23.7 Å². The molecule has 1 unspecified atom stereocenters. The topological polar surface area (TPSA) is 30.9 Å². The fourth-order valence-corrected chi connectivity index (χ4v) is 3.10. The predicted molar refractivity (Wildman–Crippen MR) is 108 cm³/mol. The summed E-state index contributed by atoms with van der Waals surface area (Å²) in [6, 6.07) is 5.99. The van der Waals surface area contributed by atoms with Crippen LogP contribution in [0.3, 0.4) is 0 Å². The van der Waals surface area contributed by atoms with E-state index in [9.17, 15) is 13.2 Å². The Hall–Kier alpha value is -2.54. The molecule has 0 heterocycles. The number of hydrazine groups is 2. The Bertz CT molecular complexity index is 835. The third kappa shape index (κ3) is 4.65. The number of alkyl halides is 3. The van der Waals surface area contributed by atoms with Gasteiger partial charge in [-0.15, -0.1) is 0 Å². The minimum atomic E-state index is -3.26. The molecule has 0 radical (unpaired) electrons. The summed E-state index contributed by atoms with van der Waals surface area (Å²) < 4.78 is 42.0. The lowest BCUT2D eigenvalue weighted by Crippen LogP contribution is -2.47. The molecule has 0 spiro atoms. The van der Waals surface area contributed by atoms with Crippen LogP contribution in [0, 0.1) is 13.8 Å². The smallest absolute Gasteiger partial charge is 0.269 e. The highest BCUT2D eigenvalue weighted by Gasteiger charge is 2.38. The monoisotopic (exact) mass is 392 g/mol. The van der Waals surface area contributed by atoms with Gasteiger partial charge in [0.05, 0.1) is 17.1 Å². The van der Waals surface area contributed by atoms with E-state index in [1.54, 1.807) is 24.2 Å². The molecule has 2 rings (SSSR count). The maximum Gasteiger partial charge on any atom is 0.269 e. The van der Waals surface area contributed by atoms with Gasteiger partial charge in [0.15, 0.2) is 0 Å². The van der Waals surface area contributed by atoms with Crippen molar-refractivity contribution in [2.75, 3.05) is 14.1 Å². The lowest BCUT2D eigenvalue weighted by molar-refractivity contribution is 0.0154. The summed E-state index contributed by atoms with van der Waals surface area (Å²) in [7, 11) is 3.50. The number of nitrogens with zero attached hydrogens (tertiary/aromatic N) is 3. The molecule has 0 amide bonds. The summed E-state index contributed by atoms with van der Waals surface area (Å²) in [6.07, 6.45) is -0.997. The maximum absolute atomic E-state index is 14.6. The zero-order valence-corrected chi connectivity index (χ0v) is 17.0. The SMILES string of the molecule is C=NC1=C(N(NC(=C)c2cc(C)ccc2C)N(C)C)CC(F)C(C(C)(F)F)=C1. The molecule has 7 heteroatoms. The molecule has 1 aliphatic carbocycles. The van der Waals surface area contributed by atoms with E-state index < -0.39 is 17.7 Å². The second-order valence-electron chi connectivity index (χ2n) is 7.22. The molecule has 0 fully saturated rings. The molecule has 28 heavy (non-hydrogen) atoms. The Morgan fingerprint density at radius 3 is 2.46 bits per heavy atom. The van der Waals surface area contributed by atoms with Crippen LogP contribution in [0.15, 0.2) is 52.8 Å². The van der Waals surface area contributed by atoms with Gasteiger partial charge in [0.25, 0.3) is 5.92 Å². The number of benzene rings is 1. The van der Waals surface area contributed by atoms with Gasteiger partial charge in [-0.2, -0.15) is 0 Å². The van der Waals surface area contributed by atoms with E-state index in [4.69, 9.17) is 0 Å². The number of allylic oxidation sites excluding steroid dienone is 3. The highest BCUT2D eigenvalue weighted by molar-refractivity contribution is 5.65. The first-order valence-electron chi connectivity index (χ1n) is 8.90. The van der Waals surface area contributed by atoms with Crippen LogP contribution >= 0.6 is 0 Å². The molecule has 1 aromatic rings. The maximum atomic E-state index is 14.6. The van der Waals surface area contributed by atoms with Crippen molar-refractivity contribution in [2.45, 2.75) is 39.3 Å². The second-order valence-corrected chi connectivity index (χ2v) is 7.22. The van der Waals surface area contributed by atoms with Gasteiger partial charge < -0.3 is 0 Å². The average Bonchev–Trinajstić information content (AvgIpc) is 2.60. The van der Waals surface area contributed by atoms with Gasteiger partial charge in [-0.3, -0.25) is 10.4 Å². The van der Waals surface area contributed by atoms with Gasteiger partial charge in [0, 0.05) is 38.6 Å². The molecular weight excluding hydrogens is 365 g/mol. The highest BCUT2D eigenvalue weighted by atomic mass is 19.3. The van der Waals surface area contributed by atoms with E-state index in [1.165, 1.54) is 0 Å². The van der Waals surface area contributed by atoms with E-state index in [0.29, 0.717) is 18.3 Å². The second kappa shape index (κ2) is 8.22. The predicted octanol–water partition coefficient (Wildman–Crippen LogP) is 4.79. The van der Waals surface area contributed by atoms with Gasteiger partial charge in [0.2, 0.25) is 0 Å². The van der Waals surface area contributed by atoms with Gasteiger partial charge in [-0.05, 0) is 38.3 Å². The first-order valence-corrected chi connectivity index (χ1v) is 8.90. The van der Waals surface area contributed by atoms with E-state index in [1.807, 2.05) is 32.0 Å². The Morgan fingerprint density at radius 1 is 1.29 bits per heavy atom. The molecule has 0 saturated heterocycles. The van der Waals surface area contributed by atoms with Crippen LogP contribution in [0.4, 0.5) is 13.2 Å². The van der Waals surface area contributed by atoms with Crippen molar-refractivity contribution in [1.82, 2.24) is 15.6 Å². The minimum absolute atomic E-state index is 0.195. The number of nitrogens with one attached hydrogen (secondary N) is 1. The normalized spacial score (nSPS) is 17.5. The van der Waals surface area contributed by atoms with Crippen LogP contribution < -0.4 is 5.43 Å². The molecule has 4 nitrogen and oxygen atoms in total. The summed E-state index contributed by atoms with van der Waals surface area (Å²) in [6.45, 7) is 12.2. The first kappa shape index (κ1) is 21.8. The number of rotatable bonds is 7. The molecule has 0 bridgehead atoms. The molecule has 1 atom stereocenters. The van der Waals surface area contributed by atoms with Crippen molar-refractivity contribution in [3.8, 4) is 0 Å². The van der Waals surface area contributed by atoms with Gasteiger partial charge in [-0.25, -0.2) is 23.3 Å². The quantitative estimate of drug-likeness (QED) is 0.535. The van der Waals surface area contributed by atoms with Crippen molar-refractivity contribution in [2.24, 2.45) is 4.99 Å². The summed E-state index contributed by atoms with van der Waals surface area (Å²) in [4.78, 5) is 3.86. The Kier molecular flexibility index (Phi) is 6.39. The van der Waals surface area contributed by atoms with Crippen molar-refractivity contribution >= 4 is 12.4 Å². The van der Waals surface area contributed by atoms with Crippen LogP contribution in [0.5, 0.6) is 0 Å². The molecule has 1 N–H and O–H groups in total. The van der Waals surface area contributed by atoms with E-state index in [0.717, 1.165) is 22.8 Å². The van der Waals surface area contributed by atoms with Crippen molar-refractivity contribution < 1.29 is 13.2 Å². The van der Waals surface area contributed by atoms with E-state index in [-0.39, 0.29) is 12.1 Å². The fourth-order valence-electron chi connectivity index (χ4n) is 3.10. The molecule has 1 aliphatic rings. The van der Waals surface area contributed by atoms with Crippen molar-refractivity contribution in [3.05, 3.63) is 64.5 Å². The average molecular weight is 392 g/mol. The van der Waals surface area contributed by atoms with Crippen LogP contribution in [0.2, 0.25) is 0 Å². The molecule has 1 aromatic carbocycles. The zero-order valence-electron chi connectivity index (χ0n) is 17.0. The lowest BCUT2D eigenvalue weighted by Gasteiger charge is -2.37. The first-order chi connectivity index (χ1) is 13.0. The Morgan fingerprint density at radius 2 is 1.93 bits per heavy atom. The third-order valence-corrected chi connectivity index (χ3v) is 4.59. The van der Waals surface area contributed by atoms with E-state index >= 15 is 0 Å². The van der Waals surface area contributed by atoms with Crippen molar-refractivity contribution in [1.29, 1.82) is 0 Å². The van der Waals surface area contributed by atoms with Crippen molar-refractivity contribution in [3.63, 3.8) is 0 Å². The summed E-state index contributed by atoms with van der Waals surface area (Å²) in [5.74, 6) is -3.26. The molecule has 0 aromatic heterocycles. The van der Waals surface area contributed by atoms with Crippen LogP contribution in [0.25, 0.3) is 5.70 Å². The Labute approximate surface area is 164 Å². The number of halogens is 3. The summed E-state index contributed by atoms with van der Waals surface area (Å²) >= 11 is 0. The molecule has 152 valence electrons. The highest BCUT2D eigenvalue weighted by Crippen LogP contribution is 2.37. The Balaban J connectivity index is 2.44. The van der Waals surface area contributed by atoms with Gasteiger partial charge >= 0.3 is 0 Å². The van der Waals surface area contributed by atoms with Crippen LogP contribution in [-0.2, 0) is 0 Å². The molecule has 0 saturated carbocycles. The van der Waals surface area contributed by atoms with Crippen LogP contribution in [-0.4, -0.2) is 43.0 Å². The number of aliphatic imine (C=N–C) groups is 1. The number of aryl methyl sites for hydroxylation is 2. The number of hydrogen-bond donors (Lipinski definition) is 1. The lowest BCUT2D eigenvalue weighted by atomic mass is 9.94. The molecular formula is C21H27F3N4. The zero-order chi connectivity index (χ0) is 21.2. The summed E-state index contributed by atoms with van der Waals surface area (Å²) in [5.41, 5.74) is 6.75. The fraction of sp³-hybridized carbons (Fsp3) is 0.381. The summed E-state index contributed by atoms with van der Waals surface area (Å²) in [5, 5.41) is 3.23. The number of hydrogen-bond acceptors (Lipinski definition) is 4. The minimum Gasteiger partial charge on any atom is -0.284 e. The largest absolute Gasteiger partial charge is 0.284 e.